The van der Waals surface area contributed by atoms with Crippen LogP contribution in [0.3, 0.4) is 0 Å². The molecule has 72 valence electrons. The Hall–Kier alpha value is -1.36. The fourth-order valence-corrected chi connectivity index (χ4v) is 1.42. The van der Waals surface area contributed by atoms with Crippen molar-refractivity contribution in [3.05, 3.63) is 40.5 Å². The third-order valence-corrected chi connectivity index (χ3v) is 2.19. The normalized spacial score (nSPS) is 10.4. The van der Waals surface area contributed by atoms with Crippen molar-refractivity contribution >= 4 is 21.7 Å². The summed E-state index contributed by atoms with van der Waals surface area (Å²) in [6, 6.07) is 3.31. The summed E-state index contributed by atoms with van der Waals surface area (Å²) in [6.45, 7) is 0. The van der Waals surface area contributed by atoms with Gasteiger partial charge in [-0.15, -0.1) is 0 Å². The highest BCUT2D eigenvalue weighted by Crippen LogP contribution is 2.16. The molecule has 0 saturated carbocycles. The minimum absolute atomic E-state index is 0.163. The van der Waals surface area contributed by atoms with Crippen LogP contribution in [0, 0.1) is 0 Å². The first-order valence-electron chi connectivity index (χ1n) is 3.95. The van der Waals surface area contributed by atoms with Gasteiger partial charge in [0.05, 0.1) is 11.8 Å². The zero-order valence-electron chi connectivity index (χ0n) is 7.40. The Morgan fingerprint density at radius 3 is 2.86 bits per heavy atom. The second kappa shape index (κ2) is 3.42. The molecule has 0 fully saturated rings. The minimum Gasteiger partial charge on any atom is -0.446 e. The van der Waals surface area contributed by atoms with E-state index < -0.39 is 0 Å². The van der Waals surface area contributed by atoms with Crippen LogP contribution in [0.1, 0.15) is 16.1 Å². The third kappa shape index (κ3) is 1.63. The molecule has 0 aliphatic carbocycles. The smallest absolute Gasteiger partial charge is 0.231 e. The third-order valence-electron chi connectivity index (χ3n) is 1.76. The number of hydrogen-bond acceptors (Lipinski definition) is 3. The van der Waals surface area contributed by atoms with Crippen LogP contribution in [0.5, 0.6) is 0 Å². The Labute approximate surface area is 88.6 Å². The van der Waals surface area contributed by atoms with Crippen molar-refractivity contribution in [3.8, 4) is 0 Å². The maximum absolute atomic E-state index is 11.7. The zero-order valence-corrected chi connectivity index (χ0v) is 8.98. The lowest BCUT2D eigenvalue weighted by molar-refractivity contribution is 0.101. The van der Waals surface area contributed by atoms with Crippen LogP contribution in [-0.2, 0) is 7.05 Å². The van der Waals surface area contributed by atoms with Crippen LogP contribution >= 0.6 is 15.9 Å². The van der Waals surface area contributed by atoms with E-state index in [4.69, 9.17) is 4.42 Å². The molecule has 0 spiro atoms. The molecular formula is C9H7BrN2O2. The molecule has 0 saturated heterocycles. The number of carbonyl (C=O) groups excluding carboxylic acids is 1. The first kappa shape index (κ1) is 9.21. The largest absolute Gasteiger partial charge is 0.446 e. The Morgan fingerprint density at radius 2 is 2.36 bits per heavy atom. The lowest BCUT2D eigenvalue weighted by atomic mass is 10.2. The molecular weight excluding hydrogens is 248 g/mol. The monoisotopic (exact) mass is 254 g/mol. The molecule has 0 bridgehead atoms. The average molecular weight is 255 g/mol. The Kier molecular flexibility index (Phi) is 2.25. The molecule has 5 heteroatoms. The van der Waals surface area contributed by atoms with Gasteiger partial charge in [-0.05, 0) is 28.1 Å². The fraction of sp³-hybridized carbons (Fsp3) is 0.111. The van der Waals surface area contributed by atoms with E-state index in [2.05, 4.69) is 21.0 Å². The summed E-state index contributed by atoms with van der Waals surface area (Å²) in [7, 11) is 1.76. The maximum atomic E-state index is 11.7. The van der Waals surface area contributed by atoms with Gasteiger partial charge in [-0.1, -0.05) is 0 Å². The second-order valence-electron chi connectivity index (χ2n) is 2.84. The number of hydrogen-bond donors (Lipinski definition) is 0. The van der Waals surface area contributed by atoms with Crippen molar-refractivity contribution in [2.45, 2.75) is 0 Å². The van der Waals surface area contributed by atoms with E-state index in [1.165, 1.54) is 6.20 Å². The Morgan fingerprint density at radius 1 is 1.57 bits per heavy atom. The highest BCUT2D eigenvalue weighted by Gasteiger charge is 2.14. The number of halogens is 1. The van der Waals surface area contributed by atoms with Crippen molar-refractivity contribution in [3.63, 3.8) is 0 Å². The number of carbonyl (C=O) groups is 1. The molecule has 2 aromatic heterocycles. The zero-order chi connectivity index (χ0) is 10.1. The summed E-state index contributed by atoms with van der Waals surface area (Å²) in [6.07, 6.45) is 3.16. The van der Waals surface area contributed by atoms with Crippen LogP contribution in [0.2, 0.25) is 0 Å². The standard InChI is InChI=1S/C9H7BrN2O2/c1-12-5-6(4-11-12)9(13)7-2-3-8(10)14-7/h2-5H,1H3. The molecule has 0 unspecified atom stereocenters. The van der Waals surface area contributed by atoms with Gasteiger partial charge < -0.3 is 4.42 Å². The predicted octanol–water partition coefficient (Wildman–Crippen LogP) is 2.01. The molecule has 2 aromatic rings. The van der Waals surface area contributed by atoms with Crippen LogP contribution < -0.4 is 0 Å². The van der Waals surface area contributed by atoms with Gasteiger partial charge in [0.2, 0.25) is 5.78 Å². The van der Waals surface area contributed by atoms with E-state index >= 15 is 0 Å². The summed E-state index contributed by atoms with van der Waals surface area (Å²) < 4.78 is 7.26. The summed E-state index contributed by atoms with van der Waals surface area (Å²) >= 11 is 3.14. The van der Waals surface area contributed by atoms with Crippen molar-refractivity contribution in [2.75, 3.05) is 0 Å². The van der Waals surface area contributed by atoms with E-state index in [9.17, 15) is 4.79 Å². The topological polar surface area (TPSA) is 48.0 Å². The van der Waals surface area contributed by atoms with Gasteiger partial charge in [0.1, 0.15) is 0 Å². The number of aryl methyl sites for hydroxylation is 1. The molecule has 0 aliphatic heterocycles. The van der Waals surface area contributed by atoms with E-state index in [0.29, 0.717) is 16.0 Å². The molecule has 0 radical (unpaired) electrons. The van der Waals surface area contributed by atoms with Crippen LogP contribution in [0.15, 0.2) is 33.6 Å². The first-order chi connectivity index (χ1) is 6.66. The molecule has 4 nitrogen and oxygen atoms in total. The van der Waals surface area contributed by atoms with E-state index in [0.717, 1.165) is 0 Å². The van der Waals surface area contributed by atoms with Gasteiger partial charge in [-0.2, -0.15) is 5.10 Å². The van der Waals surface area contributed by atoms with Gasteiger partial charge in [0, 0.05) is 13.2 Å². The van der Waals surface area contributed by atoms with Crippen molar-refractivity contribution < 1.29 is 9.21 Å². The van der Waals surface area contributed by atoms with Crippen LogP contribution in [-0.4, -0.2) is 15.6 Å². The Bertz CT molecular complexity index is 430. The molecule has 14 heavy (non-hydrogen) atoms. The number of furan rings is 1. The molecule has 2 heterocycles. The van der Waals surface area contributed by atoms with Gasteiger partial charge in [0.15, 0.2) is 10.4 Å². The van der Waals surface area contributed by atoms with Crippen LogP contribution in [0.25, 0.3) is 0 Å². The predicted molar refractivity (Wildman–Crippen MR) is 53.0 cm³/mol. The lowest BCUT2D eigenvalue weighted by Crippen LogP contribution is -1.97. The summed E-state index contributed by atoms with van der Waals surface area (Å²) in [5.41, 5.74) is 0.523. The number of nitrogens with zero attached hydrogens (tertiary/aromatic N) is 2. The molecule has 0 aliphatic rings. The summed E-state index contributed by atoms with van der Waals surface area (Å²) in [5.74, 6) is 0.147. The fourth-order valence-electron chi connectivity index (χ4n) is 1.12. The summed E-state index contributed by atoms with van der Waals surface area (Å²) in [5, 5.41) is 3.91. The summed E-state index contributed by atoms with van der Waals surface area (Å²) in [4.78, 5) is 11.7. The quantitative estimate of drug-likeness (QED) is 0.771. The van der Waals surface area contributed by atoms with Gasteiger partial charge in [-0.3, -0.25) is 9.48 Å². The van der Waals surface area contributed by atoms with E-state index in [1.54, 1.807) is 30.1 Å². The van der Waals surface area contributed by atoms with Crippen LogP contribution in [0.4, 0.5) is 0 Å². The number of rotatable bonds is 2. The van der Waals surface area contributed by atoms with Gasteiger partial charge >= 0.3 is 0 Å². The molecule has 0 aromatic carbocycles. The van der Waals surface area contributed by atoms with E-state index in [1.807, 2.05) is 0 Å². The molecule has 2 rings (SSSR count). The van der Waals surface area contributed by atoms with E-state index in [-0.39, 0.29) is 5.78 Å². The SMILES string of the molecule is Cn1cc(C(=O)c2ccc(Br)o2)cn1. The highest BCUT2D eigenvalue weighted by molar-refractivity contribution is 9.10. The highest BCUT2D eigenvalue weighted by atomic mass is 79.9. The van der Waals surface area contributed by atoms with Crippen molar-refractivity contribution in [1.29, 1.82) is 0 Å². The Balaban J connectivity index is 2.33. The average Bonchev–Trinajstić information content (AvgIpc) is 2.73. The molecule has 0 amide bonds. The van der Waals surface area contributed by atoms with Crippen molar-refractivity contribution in [1.82, 2.24) is 9.78 Å². The van der Waals surface area contributed by atoms with Gasteiger partial charge in [-0.25, -0.2) is 0 Å². The maximum Gasteiger partial charge on any atom is 0.231 e. The van der Waals surface area contributed by atoms with Crippen molar-refractivity contribution in [2.24, 2.45) is 7.05 Å². The first-order valence-corrected chi connectivity index (χ1v) is 4.75. The second-order valence-corrected chi connectivity index (χ2v) is 3.62. The molecule has 0 atom stereocenters. The minimum atomic E-state index is -0.163. The number of aromatic nitrogens is 2. The van der Waals surface area contributed by atoms with Gasteiger partial charge in [0.25, 0.3) is 0 Å². The number of ketones is 1. The molecule has 0 N–H and O–H groups in total. The lowest BCUT2D eigenvalue weighted by Gasteiger charge is -1.90.